The molecule has 0 aliphatic carbocycles. The Bertz CT molecular complexity index is 1400. The van der Waals surface area contributed by atoms with Crippen LogP contribution in [0, 0.1) is 0 Å². The standard InChI is InChI=1S/C23H23N7O2/c1-3-29-22(32)18-13-25-23(26-17-8-7-16-12-24-10-9-15(16)11-17)28-21(18)30(29)20-6-4-5-19(27-20)14(2)31/h4-8,11,13,24H,3,9-10,12H2,1-2H3,(H,25,26,28). The van der Waals surface area contributed by atoms with Crippen LogP contribution < -0.4 is 16.2 Å². The van der Waals surface area contributed by atoms with Gasteiger partial charge in [-0.05, 0) is 55.3 Å². The molecule has 4 heterocycles. The van der Waals surface area contributed by atoms with Gasteiger partial charge in [-0.1, -0.05) is 12.1 Å². The van der Waals surface area contributed by atoms with E-state index in [4.69, 9.17) is 0 Å². The molecule has 9 heteroatoms. The highest BCUT2D eigenvalue weighted by molar-refractivity contribution is 5.92. The van der Waals surface area contributed by atoms with Gasteiger partial charge in [-0.25, -0.2) is 19.3 Å². The molecule has 0 fully saturated rings. The van der Waals surface area contributed by atoms with Gasteiger partial charge < -0.3 is 10.6 Å². The van der Waals surface area contributed by atoms with E-state index in [0.29, 0.717) is 35.0 Å². The van der Waals surface area contributed by atoms with Crippen LogP contribution in [0.3, 0.4) is 0 Å². The maximum atomic E-state index is 12.9. The zero-order chi connectivity index (χ0) is 22.2. The summed E-state index contributed by atoms with van der Waals surface area (Å²) in [5, 5.41) is 7.02. The summed E-state index contributed by atoms with van der Waals surface area (Å²) in [7, 11) is 0. The van der Waals surface area contributed by atoms with Crippen molar-refractivity contribution in [2.24, 2.45) is 0 Å². The molecule has 0 atom stereocenters. The van der Waals surface area contributed by atoms with Crippen molar-refractivity contribution in [3.05, 3.63) is 69.8 Å². The number of nitrogens with one attached hydrogen (secondary N) is 2. The van der Waals surface area contributed by atoms with Crippen LogP contribution in [0.25, 0.3) is 16.9 Å². The van der Waals surface area contributed by atoms with Crippen molar-refractivity contribution in [3.8, 4) is 5.82 Å². The SMILES string of the molecule is CCn1c(=O)c2cnc(Nc3ccc4c(c3)CCNC4)nc2n1-c1cccc(C(C)=O)n1. The van der Waals surface area contributed by atoms with Gasteiger partial charge in [0.25, 0.3) is 5.56 Å². The summed E-state index contributed by atoms with van der Waals surface area (Å²) in [6.07, 6.45) is 2.51. The second kappa shape index (κ2) is 8.01. The topological polar surface area (TPSA) is 107 Å². The molecular formula is C23H23N7O2. The summed E-state index contributed by atoms with van der Waals surface area (Å²) in [5.41, 5.74) is 4.05. The van der Waals surface area contributed by atoms with Gasteiger partial charge in [0.15, 0.2) is 17.2 Å². The summed E-state index contributed by atoms with van der Waals surface area (Å²) < 4.78 is 3.19. The third-order valence-electron chi connectivity index (χ3n) is 5.64. The number of nitrogens with zero attached hydrogens (tertiary/aromatic N) is 5. The van der Waals surface area contributed by atoms with Crippen LogP contribution in [0.15, 0.2) is 47.4 Å². The fraction of sp³-hybridized carbons (Fsp3) is 0.261. The van der Waals surface area contributed by atoms with Crippen LogP contribution in [0.2, 0.25) is 0 Å². The highest BCUT2D eigenvalue weighted by atomic mass is 16.1. The molecule has 2 N–H and O–H groups in total. The molecule has 0 radical (unpaired) electrons. The van der Waals surface area contributed by atoms with E-state index in [9.17, 15) is 9.59 Å². The molecule has 0 spiro atoms. The second-order valence-corrected chi connectivity index (χ2v) is 7.74. The van der Waals surface area contributed by atoms with E-state index in [2.05, 4.69) is 37.7 Å². The minimum Gasteiger partial charge on any atom is -0.324 e. The van der Waals surface area contributed by atoms with Gasteiger partial charge in [0, 0.05) is 31.9 Å². The maximum Gasteiger partial charge on any atom is 0.278 e. The molecule has 5 rings (SSSR count). The number of carbonyl (C=O) groups is 1. The number of benzene rings is 1. The third kappa shape index (κ3) is 3.46. The molecule has 3 aromatic heterocycles. The Morgan fingerprint density at radius 3 is 2.88 bits per heavy atom. The van der Waals surface area contributed by atoms with Crippen molar-refractivity contribution in [1.82, 2.24) is 29.6 Å². The number of carbonyl (C=O) groups excluding carboxylic acids is 1. The fourth-order valence-corrected chi connectivity index (χ4v) is 4.03. The van der Waals surface area contributed by atoms with Crippen LogP contribution in [-0.4, -0.2) is 36.6 Å². The van der Waals surface area contributed by atoms with Crippen molar-refractivity contribution >= 4 is 28.5 Å². The molecule has 0 saturated heterocycles. The van der Waals surface area contributed by atoms with Crippen LogP contribution in [-0.2, 0) is 19.5 Å². The van der Waals surface area contributed by atoms with E-state index in [1.165, 1.54) is 24.2 Å². The van der Waals surface area contributed by atoms with Crippen LogP contribution in [0.4, 0.5) is 11.6 Å². The normalized spacial score (nSPS) is 13.2. The van der Waals surface area contributed by atoms with Crippen LogP contribution in [0.5, 0.6) is 0 Å². The molecule has 1 aliphatic heterocycles. The number of aromatic nitrogens is 5. The van der Waals surface area contributed by atoms with E-state index >= 15 is 0 Å². The van der Waals surface area contributed by atoms with Crippen molar-refractivity contribution in [1.29, 1.82) is 0 Å². The first-order chi connectivity index (χ1) is 15.5. The van der Waals surface area contributed by atoms with Gasteiger partial charge in [0.05, 0.1) is 0 Å². The number of Topliss-reactive ketones (excluding diaryl/α,β-unsaturated/α-hetero) is 1. The average Bonchev–Trinajstić information content (AvgIpc) is 3.10. The monoisotopic (exact) mass is 429 g/mol. The Balaban J connectivity index is 1.60. The predicted octanol–water partition coefficient (Wildman–Crippen LogP) is 2.59. The number of hydrogen-bond acceptors (Lipinski definition) is 7. The van der Waals surface area contributed by atoms with Crippen LogP contribution in [0.1, 0.15) is 35.5 Å². The zero-order valence-corrected chi connectivity index (χ0v) is 17.9. The van der Waals surface area contributed by atoms with E-state index in [1.807, 2.05) is 13.0 Å². The fourth-order valence-electron chi connectivity index (χ4n) is 4.03. The van der Waals surface area contributed by atoms with Gasteiger partial charge >= 0.3 is 0 Å². The van der Waals surface area contributed by atoms with Gasteiger partial charge in [0.2, 0.25) is 5.95 Å². The van der Waals surface area contributed by atoms with E-state index < -0.39 is 0 Å². The molecule has 0 saturated carbocycles. The smallest absolute Gasteiger partial charge is 0.278 e. The Labute approximate surface area is 184 Å². The lowest BCUT2D eigenvalue weighted by atomic mass is 10.0. The van der Waals surface area contributed by atoms with Crippen molar-refractivity contribution in [2.75, 3.05) is 11.9 Å². The molecule has 9 nitrogen and oxygen atoms in total. The minimum atomic E-state index is -0.203. The lowest BCUT2D eigenvalue weighted by molar-refractivity contribution is 0.101. The lowest BCUT2D eigenvalue weighted by Gasteiger charge is -2.18. The molecular weight excluding hydrogens is 406 g/mol. The number of hydrogen-bond donors (Lipinski definition) is 2. The predicted molar refractivity (Wildman–Crippen MR) is 122 cm³/mol. The summed E-state index contributed by atoms with van der Waals surface area (Å²) in [6, 6.07) is 11.4. The first-order valence-electron chi connectivity index (χ1n) is 10.6. The molecule has 0 unspecified atom stereocenters. The molecule has 4 aromatic rings. The Kier molecular flexibility index (Phi) is 5.02. The minimum absolute atomic E-state index is 0.145. The number of pyridine rings is 1. The third-order valence-corrected chi connectivity index (χ3v) is 5.64. The van der Waals surface area contributed by atoms with Crippen molar-refractivity contribution < 1.29 is 4.79 Å². The summed E-state index contributed by atoms with van der Waals surface area (Å²) in [4.78, 5) is 38.2. The Morgan fingerprint density at radius 1 is 1.19 bits per heavy atom. The van der Waals surface area contributed by atoms with E-state index in [0.717, 1.165) is 25.2 Å². The van der Waals surface area contributed by atoms with Gasteiger partial charge in [-0.3, -0.25) is 9.59 Å². The summed E-state index contributed by atoms with van der Waals surface area (Å²) in [6.45, 7) is 5.60. The van der Waals surface area contributed by atoms with E-state index in [-0.39, 0.29) is 11.3 Å². The molecule has 1 aromatic carbocycles. The second-order valence-electron chi connectivity index (χ2n) is 7.74. The summed E-state index contributed by atoms with van der Waals surface area (Å²) in [5.74, 6) is 0.696. The lowest BCUT2D eigenvalue weighted by Crippen LogP contribution is -2.23. The quantitative estimate of drug-likeness (QED) is 0.470. The number of fused-ring (bicyclic) bond motifs is 2. The molecule has 0 amide bonds. The Morgan fingerprint density at radius 2 is 2.06 bits per heavy atom. The Hall–Kier alpha value is -3.85. The number of ketones is 1. The van der Waals surface area contributed by atoms with Gasteiger partial charge in [0.1, 0.15) is 11.1 Å². The molecule has 1 aliphatic rings. The van der Waals surface area contributed by atoms with Gasteiger partial charge in [-0.15, -0.1) is 0 Å². The molecule has 32 heavy (non-hydrogen) atoms. The molecule has 0 bridgehead atoms. The number of anilines is 2. The van der Waals surface area contributed by atoms with Crippen molar-refractivity contribution in [2.45, 2.75) is 33.4 Å². The molecule has 162 valence electrons. The first kappa shape index (κ1) is 20.1. The largest absolute Gasteiger partial charge is 0.324 e. The first-order valence-corrected chi connectivity index (χ1v) is 10.6. The van der Waals surface area contributed by atoms with E-state index in [1.54, 1.807) is 27.6 Å². The van der Waals surface area contributed by atoms with Gasteiger partial charge in [-0.2, -0.15) is 4.98 Å². The van der Waals surface area contributed by atoms with Crippen LogP contribution >= 0.6 is 0 Å². The summed E-state index contributed by atoms with van der Waals surface area (Å²) >= 11 is 0. The zero-order valence-electron chi connectivity index (χ0n) is 17.9. The average molecular weight is 429 g/mol. The van der Waals surface area contributed by atoms with Crippen molar-refractivity contribution in [3.63, 3.8) is 0 Å². The highest BCUT2D eigenvalue weighted by Crippen LogP contribution is 2.22. The highest BCUT2D eigenvalue weighted by Gasteiger charge is 2.18. The maximum absolute atomic E-state index is 12.9. The number of rotatable bonds is 5.